The van der Waals surface area contributed by atoms with Gasteiger partial charge in [0.05, 0.1) is 15.7 Å². The molecular weight excluding hydrogens is 258 g/mol. The molecule has 0 saturated heterocycles. The average Bonchev–Trinajstić information content (AvgIpc) is 2.36. The summed E-state index contributed by atoms with van der Waals surface area (Å²) in [5.74, 6) is 1.07. The van der Waals surface area contributed by atoms with Crippen LogP contribution in [0.3, 0.4) is 0 Å². The van der Waals surface area contributed by atoms with Crippen molar-refractivity contribution >= 4 is 11.0 Å². The molecule has 2 unspecified atom stereocenters. The van der Waals surface area contributed by atoms with Gasteiger partial charge >= 0.3 is 0 Å². The lowest BCUT2D eigenvalue weighted by molar-refractivity contribution is 0.319. The molecule has 1 N–H and O–H groups in total. The van der Waals surface area contributed by atoms with Gasteiger partial charge in [-0.25, -0.2) is 8.93 Å². The van der Waals surface area contributed by atoms with Crippen LogP contribution in [0.15, 0.2) is 36.4 Å². The Morgan fingerprint density at radius 3 is 2.79 bits per heavy atom. The summed E-state index contributed by atoms with van der Waals surface area (Å²) in [5, 5.41) is 0. The van der Waals surface area contributed by atoms with Crippen LogP contribution >= 0.6 is 0 Å². The Bertz CT molecular complexity index is 505. The van der Waals surface area contributed by atoms with Crippen molar-refractivity contribution in [2.75, 3.05) is 13.2 Å². The molecule has 19 heavy (non-hydrogen) atoms. The third kappa shape index (κ3) is 3.25. The maximum absolute atomic E-state index is 12.1. The fraction of sp³-hybridized carbons (Fsp3) is 0.467. The first-order valence-electron chi connectivity index (χ1n) is 6.44. The van der Waals surface area contributed by atoms with Crippen LogP contribution in [-0.4, -0.2) is 22.1 Å². The molecule has 1 aromatic rings. The molecule has 0 fully saturated rings. The molecule has 0 amide bonds. The van der Waals surface area contributed by atoms with Crippen LogP contribution in [0.2, 0.25) is 0 Å². The first-order chi connectivity index (χ1) is 8.89. The molecule has 0 radical (unpaired) electrons. The fourth-order valence-electron chi connectivity index (χ4n) is 2.02. The highest BCUT2D eigenvalue weighted by molar-refractivity contribution is 7.84. The third-order valence-electron chi connectivity index (χ3n) is 3.18. The predicted octanol–water partition coefficient (Wildman–Crippen LogP) is 2.77. The van der Waals surface area contributed by atoms with E-state index in [2.05, 4.69) is 11.3 Å². The summed E-state index contributed by atoms with van der Waals surface area (Å²) >= 11 is 0. The Morgan fingerprint density at radius 2 is 2.11 bits per heavy atom. The van der Waals surface area contributed by atoms with Crippen molar-refractivity contribution in [3.63, 3.8) is 0 Å². The molecule has 0 bridgehead atoms. The number of hydrogen-bond acceptors (Lipinski definition) is 2. The van der Waals surface area contributed by atoms with E-state index in [1.807, 2.05) is 45.0 Å². The first-order valence-corrected chi connectivity index (χ1v) is 7.59. The molecule has 0 aromatic heterocycles. The predicted molar refractivity (Wildman–Crippen MR) is 79.7 cm³/mol. The number of para-hydroxylation sites is 1. The molecular formula is C15H21NO2S. The van der Waals surface area contributed by atoms with Crippen molar-refractivity contribution < 1.29 is 8.95 Å². The zero-order valence-electron chi connectivity index (χ0n) is 11.7. The molecule has 2 atom stereocenters. The van der Waals surface area contributed by atoms with Gasteiger partial charge < -0.3 is 4.74 Å². The molecule has 1 aromatic carbocycles. The Balaban J connectivity index is 2.12. The van der Waals surface area contributed by atoms with E-state index >= 15 is 0 Å². The molecule has 0 saturated carbocycles. The van der Waals surface area contributed by atoms with Gasteiger partial charge in [-0.2, -0.15) is 0 Å². The molecule has 1 aliphatic rings. The summed E-state index contributed by atoms with van der Waals surface area (Å²) in [6, 6.07) is 7.97. The van der Waals surface area contributed by atoms with Crippen LogP contribution in [0.4, 0.5) is 0 Å². The van der Waals surface area contributed by atoms with E-state index in [9.17, 15) is 4.21 Å². The monoisotopic (exact) mass is 279 g/mol. The van der Waals surface area contributed by atoms with Gasteiger partial charge in [-0.05, 0) is 32.4 Å². The number of hydrogen-bond donors (Lipinski definition) is 1. The number of rotatable bonds is 3. The normalized spacial score (nSPS) is 20.6. The van der Waals surface area contributed by atoms with Gasteiger partial charge in [0.15, 0.2) is 0 Å². The molecule has 1 aliphatic heterocycles. The second kappa shape index (κ2) is 5.47. The second-order valence-corrected chi connectivity index (χ2v) is 7.82. The van der Waals surface area contributed by atoms with E-state index in [1.165, 1.54) is 0 Å². The topological polar surface area (TPSA) is 38.3 Å². The van der Waals surface area contributed by atoms with Gasteiger partial charge in [-0.1, -0.05) is 24.8 Å². The van der Waals surface area contributed by atoms with E-state index in [0.29, 0.717) is 13.2 Å². The highest BCUT2D eigenvalue weighted by atomic mass is 32.2. The molecule has 2 rings (SSSR count). The molecule has 1 heterocycles. The lowest BCUT2D eigenvalue weighted by atomic mass is 9.90. The Hall–Kier alpha value is -1.13. The molecule has 4 heteroatoms. The summed E-state index contributed by atoms with van der Waals surface area (Å²) in [6.07, 6.45) is 0. The largest absolute Gasteiger partial charge is 0.489 e. The average molecular weight is 279 g/mol. The van der Waals surface area contributed by atoms with E-state index in [0.717, 1.165) is 16.9 Å². The second-order valence-electron chi connectivity index (χ2n) is 5.77. The van der Waals surface area contributed by atoms with Crippen LogP contribution in [0.5, 0.6) is 5.75 Å². The summed E-state index contributed by atoms with van der Waals surface area (Å²) in [6.45, 7) is 11.1. The quantitative estimate of drug-likeness (QED) is 0.864. The van der Waals surface area contributed by atoms with E-state index in [4.69, 9.17) is 4.74 Å². The summed E-state index contributed by atoms with van der Waals surface area (Å²) in [4.78, 5) is 0. The number of fused-ring (bicyclic) bond motifs is 1. The highest BCUT2D eigenvalue weighted by Crippen LogP contribution is 2.35. The smallest absolute Gasteiger partial charge is 0.123 e. The molecule has 3 nitrogen and oxygen atoms in total. The van der Waals surface area contributed by atoms with Crippen molar-refractivity contribution in [2.45, 2.75) is 31.4 Å². The van der Waals surface area contributed by atoms with Crippen LogP contribution in [-0.2, 0) is 11.0 Å². The van der Waals surface area contributed by atoms with Crippen molar-refractivity contribution in [3.05, 3.63) is 42.0 Å². The summed E-state index contributed by atoms with van der Waals surface area (Å²) in [5.41, 5.74) is 2.15. The minimum Gasteiger partial charge on any atom is -0.489 e. The maximum atomic E-state index is 12.1. The maximum Gasteiger partial charge on any atom is 0.123 e. The summed E-state index contributed by atoms with van der Waals surface area (Å²) in [7, 11) is -1.06. The Kier molecular flexibility index (Phi) is 4.11. The van der Waals surface area contributed by atoms with Crippen molar-refractivity contribution in [3.8, 4) is 5.75 Å². The highest BCUT2D eigenvalue weighted by Gasteiger charge is 2.26. The van der Waals surface area contributed by atoms with Crippen LogP contribution in [0, 0.1) is 0 Å². The van der Waals surface area contributed by atoms with Crippen LogP contribution < -0.4 is 9.46 Å². The third-order valence-corrected chi connectivity index (χ3v) is 4.72. The fourth-order valence-corrected chi connectivity index (χ4v) is 2.77. The molecule has 0 spiro atoms. The van der Waals surface area contributed by atoms with E-state index < -0.39 is 11.0 Å². The minimum absolute atomic E-state index is 0.163. The molecule has 0 aliphatic carbocycles. The van der Waals surface area contributed by atoms with Crippen molar-refractivity contribution in [1.29, 1.82) is 0 Å². The lowest BCUT2D eigenvalue weighted by Gasteiger charge is -2.29. The zero-order valence-corrected chi connectivity index (χ0v) is 12.5. The SMILES string of the molecule is C=C1COc2ccccc2C1CNS(=O)C(C)(C)C. The number of ether oxygens (including phenoxy) is 1. The summed E-state index contributed by atoms with van der Waals surface area (Å²) < 4.78 is 20.6. The van der Waals surface area contributed by atoms with Crippen LogP contribution in [0.1, 0.15) is 32.3 Å². The van der Waals surface area contributed by atoms with Gasteiger partial charge in [-0.3, -0.25) is 0 Å². The minimum atomic E-state index is -1.06. The van der Waals surface area contributed by atoms with Crippen molar-refractivity contribution in [2.24, 2.45) is 0 Å². The standard InChI is InChI=1S/C15H21NO2S/c1-11-10-18-14-8-6-5-7-12(14)13(11)9-16-19(17)15(2,3)4/h5-8,13,16H,1,9-10H2,2-4H3. The number of benzene rings is 1. The number of nitrogens with one attached hydrogen (secondary N) is 1. The van der Waals surface area contributed by atoms with E-state index in [1.54, 1.807) is 0 Å². The Labute approximate surface area is 117 Å². The zero-order chi connectivity index (χ0) is 14.0. The van der Waals surface area contributed by atoms with Gasteiger partial charge in [-0.15, -0.1) is 0 Å². The van der Waals surface area contributed by atoms with Gasteiger partial charge in [0.2, 0.25) is 0 Å². The van der Waals surface area contributed by atoms with Crippen molar-refractivity contribution in [1.82, 2.24) is 4.72 Å². The Morgan fingerprint density at radius 1 is 1.42 bits per heavy atom. The first kappa shape index (κ1) is 14.3. The van der Waals surface area contributed by atoms with Crippen LogP contribution in [0.25, 0.3) is 0 Å². The molecule has 104 valence electrons. The van der Waals surface area contributed by atoms with Gasteiger partial charge in [0.1, 0.15) is 12.4 Å². The van der Waals surface area contributed by atoms with E-state index in [-0.39, 0.29) is 10.7 Å². The van der Waals surface area contributed by atoms with Gasteiger partial charge in [0.25, 0.3) is 0 Å². The van der Waals surface area contributed by atoms with Gasteiger partial charge in [0, 0.05) is 18.0 Å². The lowest BCUT2D eigenvalue weighted by Crippen LogP contribution is -2.37.